The SMILES string of the molecule is Cc1cc(C(NN)c2ccnc3ccccc23)ccc1F. The van der Waals surface area contributed by atoms with E-state index in [1.165, 1.54) is 6.07 Å². The average Bonchev–Trinajstić information content (AvgIpc) is 2.52. The molecule has 3 nitrogen and oxygen atoms in total. The minimum absolute atomic E-state index is 0.211. The van der Waals surface area contributed by atoms with E-state index < -0.39 is 0 Å². The Hall–Kier alpha value is -2.30. The van der Waals surface area contributed by atoms with Crippen LogP contribution in [0.1, 0.15) is 22.7 Å². The molecular formula is C17H16FN3. The molecule has 0 aliphatic rings. The number of fused-ring (bicyclic) bond motifs is 1. The summed E-state index contributed by atoms with van der Waals surface area (Å²) in [6, 6.07) is 14.7. The minimum atomic E-state index is -0.214. The van der Waals surface area contributed by atoms with E-state index in [0.29, 0.717) is 5.56 Å². The summed E-state index contributed by atoms with van der Waals surface area (Å²) in [5.74, 6) is 5.54. The Morgan fingerprint density at radius 3 is 2.71 bits per heavy atom. The van der Waals surface area contributed by atoms with Crippen molar-refractivity contribution in [1.82, 2.24) is 10.4 Å². The molecule has 3 N–H and O–H groups in total. The predicted molar refractivity (Wildman–Crippen MR) is 82.0 cm³/mol. The topological polar surface area (TPSA) is 50.9 Å². The average molecular weight is 281 g/mol. The molecule has 0 spiro atoms. The molecule has 1 unspecified atom stereocenters. The van der Waals surface area contributed by atoms with E-state index in [0.717, 1.165) is 22.0 Å². The summed E-state index contributed by atoms with van der Waals surface area (Å²) in [5.41, 5.74) is 6.28. The Morgan fingerprint density at radius 1 is 1.14 bits per heavy atom. The van der Waals surface area contributed by atoms with Crippen molar-refractivity contribution in [3.05, 3.63) is 77.2 Å². The number of hydrazine groups is 1. The molecule has 0 aliphatic heterocycles. The van der Waals surface area contributed by atoms with E-state index in [4.69, 9.17) is 5.84 Å². The first kappa shape index (κ1) is 13.7. The van der Waals surface area contributed by atoms with Crippen LogP contribution in [0.4, 0.5) is 4.39 Å². The molecule has 1 aromatic heterocycles. The first-order chi connectivity index (χ1) is 10.2. The fourth-order valence-electron chi connectivity index (χ4n) is 2.58. The van der Waals surface area contributed by atoms with Crippen LogP contribution in [-0.2, 0) is 0 Å². The second-order valence-corrected chi connectivity index (χ2v) is 5.03. The molecule has 0 radical (unpaired) electrons. The van der Waals surface area contributed by atoms with Gasteiger partial charge in [0.2, 0.25) is 0 Å². The van der Waals surface area contributed by atoms with Crippen molar-refractivity contribution in [1.29, 1.82) is 0 Å². The van der Waals surface area contributed by atoms with E-state index in [1.807, 2.05) is 36.4 Å². The van der Waals surface area contributed by atoms with Crippen molar-refractivity contribution >= 4 is 10.9 Å². The van der Waals surface area contributed by atoms with Crippen LogP contribution in [0.2, 0.25) is 0 Å². The maximum atomic E-state index is 13.5. The van der Waals surface area contributed by atoms with Crippen LogP contribution < -0.4 is 11.3 Å². The molecule has 0 amide bonds. The number of benzene rings is 2. The predicted octanol–water partition coefficient (Wildman–Crippen LogP) is 3.24. The molecule has 106 valence electrons. The smallest absolute Gasteiger partial charge is 0.126 e. The molecule has 4 heteroatoms. The van der Waals surface area contributed by atoms with Gasteiger partial charge in [0.15, 0.2) is 0 Å². The van der Waals surface area contributed by atoms with Crippen LogP contribution in [0.15, 0.2) is 54.7 Å². The number of nitrogens with one attached hydrogen (secondary N) is 1. The van der Waals surface area contributed by atoms with E-state index in [-0.39, 0.29) is 11.9 Å². The van der Waals surface area contributed by atoms with Crippen molar-refractivity contribution < 1.29 is 4.39 Å². The summed E-state index contributed by atoms with van der Waals surface area (Å²) in [7, 11) is 0. The Kier molecular flexibility index (Phi) is 3.64. The van der Waals surface area contributed by atoms with Gasteiger partial charge in [-0.15, -0.1) is 0 Å². The normalized spacial score (nSPS) is 12.5. The second-order valence-electron chi connectivity index (χ2n) is 5.03. The number of aromatic nitrogens is 1. The van der Waals surface area contributed by atoms with Crippen molar-refractivity contribution in [2.45, 2.75) is 13.0 Å². The first-order valence-electron chi connectivity index (χ1n) is 6.76. The first-order valence-corrected chi connectivity index (χ1v) is 6.76. The Morgan fingerprint density at radius 2 is 1.95 bits per heavy atom. The van der Waals surface area contributed by atoms with E-state index in [2.05, 4.69) is 10.4 Å². The molecular weight excluding hydrogens is 265 g/mol. The molecule has 0 fully saturated rings. The van der Waals surface area contributed by atoms with Gasteiger partial charge in [-0.2, -0.15) is 0 Å². The monoisotopic (exact) mass is 281 g/mol. The van der Waals surface area contributed by atoms with Crippen LogP contribution >= 0.6 is 0 Å². The number of hydrogen-bond acceptors (Lipinski definition) is 3. The number of nitrogens with zero attached hydrogens (tertiary/aromatic N) is 1. The minimum Gasteiger partial charge on any atom is -0.271 e. The number of halogens is 1. The third-order valence-corrected chi connectivity index (χ3v) is 3.68. The summed E-state index contributed by atoms with van der Waals surface area (Å²) in [5, 5.41) is 1.03. The molecule has 21 heavy (non-hydrogen) atoms. The van der Waals surface area contributed by atoms with Crippen LogP contribution in [-0.4, -0.2) is 4.98 Å². The molecule has 1 heterocycles. The van der Waals surface area contributed by atoms with Gasteiger partial charge in [0, 0.05) is 11.6 Å². The zero-order valence-corrected chi connectivity index (χ0v) is 11.7. The van der Waals surface area contributed by atoms with Crippen LogP contribution in [0.25, 0.3) is 10.9 Å². The van der Waals surface area contributed by atoms with Gasteiger partial charge in [-0.3, -0.25) is 10.8 Å². The van der Waals surface area contributed by atoms with E-state index >= 15 is 0 Å². The summed E-state index contributed by atoms with van der Waals surface area (Å²) in [6.45, 7) is 1.75. The van der Waals surface area contributed by atoms with Crippen molar-refractivity contribution in [2.75, 3.05) is 0 Å². The van der Waals surface area contributed by atoms with Crippen molar-refractivity contribution in [2.24, 2.45) is 5.84 Å². The molecule has 0 aliphatic carbocycles. The standard InChI is InChI=1S/C17H16FN3/c1-11-10-12(6-7-15(11)18)17(21-19)14-8-9-20-16-5-3-2-4-13(14)16/h2-10,17,21H,19H2,1H3. The lowest BCUT2D eigenvalue weighted by atomic mass is 9.95. The van der Waals surface area contributed by atoms with Crippen molar-refractivity contribution in [3.63, 3.8) is 0 Å². The number of pyridine rings is 1. The Balaban J connectivity index is 2.16. The van der Waals surface area contributed by atoms with Crippen LogP contribution in [0, 0.1) is 12.7 Å². The highest BCUT2D eigenvalue weighted by Crippen LogP contribution is 2.28. The second kappa shape index (κ2) is 5.60. The summed E-state index contributed by atoms with van der Waals surface area (Å²) in [4.78, 5) is 4.36. The number of para-hydroxylation sites is 1. The zero-order valence-electron chi connectivity index (χ0n) is 11.7. The molecule has 0 saturated heterocycles. The number of aryl methyl sites for hydroxylation is 1. The Labute approximate surface area is 122 Å². The lowest BCUT2D eigenvalue weighted by molar-refractivity contribution is 0.608. The largest absolute Gasteiger partial charge is 0.271 e. The third-order valence-electron chi connectivity index (χ3n) is 3.68. The quantitative estimate of drug-likeness (QED) is 0.572. The van der Waals surface area contributed by atoms with Gasteiger partial charge < -0.3 is 0 Å². The highest BCUT2D eigenvalue weighted by molar-refractivity contribution is 5.82. The molecule has 0 bridgehead atoms. The number of nitrogens with two attached hydrogens (primary N) is 1. The zero-order chi connectivity index (χ0) is 14.8. The Bertz CT molecular complexity index is 781. The van der Waals surface area contributed by atoms with Gasteiger partial charge in [-0.25, -0.2) is 9.82 Å². The molecule has 2 aromatic carbocycles. The molecule has 3 aromatic rings. The molecule has 1 atom stereocenters. The van der Waals surface area contributed by atoms with Gasteiger partial charge in [0.25, 0.3) is 0 Å². The summed E-state index contributed by atoms with van der Waals surface area (Å²) < 4.78 is 13.5. The van der Waals surface area contributed by atoms with Gasteiger partial charge in [-0.1, -0.05) is 30.3 Å². The fraction of sp³-hybridized carbons (Fsp3) is 0.118. The van der Waals surface area contributed by atoms with E-state index in [9.17, 15) is 4.39 Å². The van der Waals surface area contributed by atoms with Crippen LogP contribution in [0.3, 0.4) is 0 Å². The van der Waals surface area contributed by atoms with Gasteiger partial charge in [0.1, 0.15) is 5.82 Å². The summed E-state index contributed by atoms with van der Waals surface area (Å²) in [6.07, 6.45) is 1.76. The highest BCUT2D eigenvalue weighted by atomic mass is 19.1. The van der Waals surface area contributed by atoms with Crippen molar-refractivity contribution in [3.8, 4) is 0 Å². The number of rotatable bonds is 3. The third kappa shape index (κ3) is 2.51. The fourth-order valence-corrected chi connectivity index (χ4v) is 2.58. The van der Waals surface area contributed by atoms with Gasteiger partial charge in [0.05, 0.1) is 11.6 Å². The maximum Gasteiger partial charge on any atom is 0.126 e. The van der Waals surface area contributed by atoms with Crippen LogP contribution in [0.5, 0.6) is 0 Å². The molecule has 0 saturated carbocycles. The lowest BCUT2D eigenvalue weighted by Crippen LogP contribution is -2.29. The van der Waals surface area contributed by atoms with Gasteiger partial charge >= 0.3 is 0 Å². The maximum absolute atomic E-state index is 13.5. The number of hydrogen-bond donors (Lipinski definition) is 2. The summed E-state index contributed by atoms with van der Waals surface area (Å²) >= 11 is 0. The van der Waals surface area contributed by atoms with E-state index in [1.54, 1.807) is 19.2 Å². The highest BCUT2D eigenvalue weighted by Gasteiger charge is 2.16. The molecule has 3 rings (SSSR count). The lowest BCUT2D eigenvalue weighted by Gasteiger charge is -2.19. The van der Waals surface area contributed by atoms with Gasteiger partial charge in [-0.05, 0) is 41.8 Å².